The molecule has 0 fully saturated rings. The Bertz CT molecular complexity index is 834. The second-order valence-corrected chi connectivity index (χ2v) is 7.01. The second-order valence-electron chi connectivity index (χ2n) is 7.01. The smallest absolute Gasteiger partial charge is 0.251 e. The van der Waals surface area contributed by atoms with Crippen LogP contribution in [0.15, 0.2) is 42.5 Å². The first-order chi connectivity index (χ1) is 13.3. The SMILES string of the molecule is COc1ccccc1C(CNC(=O)CNC(=O)c1ccc(C)c(C)c1)N(C)C. The number of carbonyl (C=O) groups excluding carboxylic acids is 2. The predicted octanol–water partition coefficient (Wildman–Crippen LogP) is 2.46. The van der Waals surface area contributed by atoms with Crippen LogP contribution in [0.4, 0.5) is 0 Å². The molecule has 0 radical (unpaired) electrons. The zero-order valence-corrected chi connectivity index (χ0v) is 17.2. The molecule has 2 aromatic rings. The summed E-state index contributed by atoms with van der Waals surface area (Å²) in [6, 6.07) is 13.2. The van der Waals surface area contributed by atoms with Crippen LogP contribution < -0.4 is 15.4 Å². The van der Waals surface area contributed by atoms with E-state index in [1.54, 1.807) is 13.2 Å². The van der Waals surface area contributed by atoms with Gasteiger partial charge < -0.3 is 20.3 Å². The Hall–Kier alpha value is -2.86. The zero-order valence-electron chi connectivity index (χ0n) is 17.2. The van der Waals surface area contributed by atoms with Gasteiger partial charge in [-0.2, -0.15) is 0 Å². The highest BCUT2D eigenvalue weighted by molar-refractivity contribution is 5.96. The number of methoxy groups -OCH3 is 1. The van der Waals surface area contributed by atoms with Crippen molar-refractivity contribution in [3.8, 4) is 5.75 Å². The number of rotatable bonds is 8. The van der Waals surface area contributed by atoms with E-state index in [9.17, 15) is 9.59 Å². The Morgan fingerprint density at radius 2 is 1.75 bits per heavy atom. The van der Waals surface area contributed by atoms with Crippen LogP contribution in [-0.4, -0.2) is 51.0 Å². The van der Waals surface area contributed by atoms with Crippen molar-refractivity contribution >= 4 is 11.8 Å². The summed E-state index contributed by atoms with van der Waals surface area (Å²) < 4.78 is 5.43. The first-order valence-corrected chi connectivity index (χ1v) is 9.25. The molecular weight excluding hydrogens is 354 g/mol. The van der Waals surface area contributed by atoms with Crippen molar-refractivity contribution in [1.29, 1.82) is 0 Å². The lowest BCUT2D eigenvalue weighted by molar-refractivity contribution is -0.120. The van der Waals surface area contributed by atoms with Gasteiger partial charge in [-0.25, -0.2) is 0 Å². The molecule has 1 unspecified atom stereocenters. The Labute approximate surface area is 166 Å². The van der Waals surface area contributed by atoms with Gasteiger partial charge in [0.1, 0.15) is 5.75 Å². The van der Waals surface area contributed by atoms with E-state index in [-0.39, 0.29) is 24.4 Å². The van der Waals surface area contributed by atoms with Crippen LogP contribution in [0.1, 0.15) is 33.1 Å². The topological polar surface area (TPSA) is 70.7 Å². The van der Waals surface area contributed by atoms with Crippen molar-refractivity contribution in [3.63, 3.8) is 0 Å². The molecule has 150 valence electrons. The number of benzene rings is 2. The number of para-hydroxylation sites is 1. The van der Waals surface area contributed by atoms with Crippen LogP contribution in [0.2, 0.25) is 0 Å². The second kappa shape index (κ2) is 9.90. The zero-order chi connectivity index (χ0) is 20.7. The van der Waals surface area contributed by atoms with Crippen LogP contribution in [0, 0.1) is 13.8 Å². The third-order valence-corrected chi connectivity index (χ3v) is 4.79. The molecule has 0 aliphatic rings. The van der Waals surface area contributed by atoms with E-state index < -0.39 is 0 Å². The maximum atomic E-state index is 12.2. The molecule has 6 nitrogen and oxygen atoms in total. The van der Waals surface area contributed by atoms with Gasteiger partial charge in [-0.3, -0.25) is 9.59 Å². The molecular formula is C22H29N3O3. The summed E-state index contributed by atoms with van der Waals surface area (Å²) in [5, 5.41) is 5.56. The molecule has 0 saturated heterocycles. The average molecular weight is 383 g/mol. The Kier molecular flexibility index (Phi) is 7.58. The third-order valence-electron chi connectivity index (χ3n) is 4.79. The maximum absolute atomic E-state index is 12.2. The predicted molar refractivity (Wildman–Crippen MR) is 111 cm³/mol. The van der Waals surface area contributed by atoms with E-state index in [1.165, 1.54) is 0 Å². The lowest BCUT2D eigenvalue weighted by Gasteiger charge is -2.26. The molecule has 0 bridgehead atoms. The number of amides is 2. The van der Waals surface area contributed by atoms with E-state index in [0.29, 0.717) is 12.1 Å². The van der Waals surface area contributed by atoms with E-state index in [1.807, 2.05) is 69.2 Å². The molecule has 0 saturated carbocycles. The molecule has 0 spiro atoms. The largest absolute Gasteiger partial charge is 0.496 e. The molecule has 2 amide bonds. The van der Waals surface area contributed by atoms with Crippen molar-refractivity contribution < 1.29 is 14.3 Å². The van der Waals surface area contributed by atoms with Gasteiger partial charge in [0.25, 0.3) is 5.91 Å². The minimum atomic E-state index is -0.257. The molecule has 0 aliphatic carbocycles. The summed E-state index contributed by atoms with van der Waals surface area (Å²) in [5.74, 6) is 0.282. The van der Waals surface area contributed by atoms with Gasteiger partial charge in [-0.15, -0.1) is 0 Å². The van der Waals surface area contributed by atoms with Gasteiger partial charge in [-0.1, -0.05) is 24.3 Å². The number of aryl methyl sites for hydroxylation is 2. The normalized spacial score (nSPS) is 11.8. The molecule has 28 heavy (non-hydrogen) atoms. The Balaban J connectivity index is 1.92. The number of ether oxygens (including phenoxy) is 1. The molecule has 2 aromatic carbocycles. The summed E-state index contributed by atoms with van der Waals surface area (Å²) in [7, 11) is 5.53. The van der Waals surface area contributed by atoms with E-state index >= 15 is 0 Å². The first-order valence-electron chi connectivity index (χ1n) is 9.25. The van der Waals surface area contributed by atoms with Crippen LogP contribution in [0.25, 0.3) is 0 Å². The van der Waals surface area contributed by atoms with Gasteiger partial charge in [-0.05, 0) is 57.3 Å². The Morgan fingerprint density at radius 3 is 2.39 bits per heavy atom. The highest BCUT2D eigenvalue weighted by Gasteiger charge is 2.19. The fourth-order valence-electron chi connectivity index (χ4n) is 2.93. The number of nitrogens with zero attached hydrogens (tertiary/aromatic N) is 1. The summed E-state index contributed by atoms with van der Waals surface area (Å²) >= 11 is 0. The molecule has 1 atom stereocenters. The lowest BCUT2D eigenvalue weighted by Crippen LogP contribution is -2.40. The highest BCUT2D eigenvalue weighted by atomic mass is 16.5. The quantitative estimate of drug-likeness (QED) is 0.735. The summed E-state index contributed by atoms with van der Waals surface area (Å²) in [6.07, 6.45) is 0. The number of carbonyl (C=O) groups is 2. The lowest BCUT2D eigenvalue weighted by atomic mass is 10.0. The number of nitrogens with one attached hydrogen (secondary N) is 2. The fourth-order valence-corrected chi connectivity index (χ4v) is 2.93. The molecule has 0 aliphatic heterocycles. The van der Waals surface area contributed by atoms with Gasteiger partial charge in [0, 0.05) is 17.7 Å². The van der Waals surface area contributed by atoms with Crippen LogP contribution in [0.3, 0.4) is 0 Å². The van der Waals surface area contributed by atoms with Crippen molar-refractivity contribution in [3.05, 3.63) is 64.7 Å². The van der Waals surface area contributed by atoms with Crippen molar-refractivity contribution in [2.75, 3.05) is 34.3 Å². The van der Waals surface area contributed by atoms with Gasteiger partial charge in [0.2, 0.25) is 5.91 Å². The van der Waals surface area contributed by atoms with Crippen LogP contribution >= 0.6 is 0 Å². The average Bonchev–Trinajstić information content (AvgIpc) is 2.68. The number of hydrogen-bond donors (Lipinski definition) is 2. The number of likely N-dealkylation sites (N-methyl/N-ethyl adjacent to an activating group) is 1. The molecule has 0 aromatic heterocycles. The van der Waals surface area contributed by atoms with E-state index in [4.69, 9.17) is 4.74 Å². The molecule has 2 N–H and O–H groups in total. The van der Waals surface area contributed by atoms with Crippen molar-refractivity contribution in [2.24, 2.45) is 0 Å². The summed E-state index contributed by atoms with van der Waals surface area (Å²) in [6.45, 7) is 4.29. The van der Waals surface area contributed by atoms with Gasteiger partial charge in [0.15, 0.2) is 0 Å². The molecule has 0 heterocycles. The maximum Gasteiger partial charge on any atom is 0.251 e. The standard InChI is InChI=1S/C22H29N3O3/c1-15-10-11-17(12-16(15)2)22(27)24-14-21(26)23-13-19(25(3)4)18-8-6-7-9-20(18)28-5/h6-12,19H,13-14H2,1-5H3,(H,23,26)(H,24,27). The monoisotopic (exact) mass is 383 g/mol. The van der Waals surface area contributed by atoms with Crippen LogP contribution in [-0.2, 0) is 4.79 Å². The minimum absolute atomic E-state index is 0.0458. The first kappa shape index (κ1) is 21.4. The minimum Gasteiger partial charge on any atom is -0.496 e. The van der Waals surface area contributed by atoms with Gasteiger partial charge in [0.05, 0.1) is 19.7 Å². The fraction of sp³-hybridized carbons (Fsp3) is 0.364. The summed E-state index contributed by atoms with van der Waals surface area (Å²) in [5.41, 5.74) is 3.72. The Morgan fingerprint density at radius 1 is 1.04 bits per heavy atom. The van der Waals surface area contributed by atoms with Gasteiger partial charge >= 0.3 is 0 Å². The van der Waals surface area contributed by atoms with Crippen molar-refractivity contribution in [1.82, 2.24) is 15.5 Å². The molecule has 2 rings (SSSR count). The van der Waals surface area contributed by atoms with E-state index in [0.717, 1.165) is 22.4 Å². The van der Waals surface area contributed by atoms with E-state index in [2.05, 4.69) is 10.6 Å². The number of hydrogen-bond acceptors (Lipinski definition) is 4. The van der Waals surface area contributed by atoms with Crippen molar-refractivity contribution in [2.45, 2.75) is 19.9 Å². The summed E-state index contributed by atoms with van der Waals surface area (Å²) in [4.78, 5) is 26.5. The van der Waals surface area contributed by atoms with Crippen LogP contribution in [0.5, 0.6) is 5.75 Å². The highest BCUT2D eigenvalue weighted by Crippen LogP contribution is 2.27. The molecule has 6 heteroatoms. The third kappa shape index (κ3) is 5.57.